The van der Waals surface area contributed by atoms with Gasteiger partial charge >= 0.3 is 5.97 Å². The first-order chi connectivity index (χ1) is 6.12. The second kappa shape index (κ2) is 4.04. The molecule has 2 unspecified atom stereocenters. The number of carboxylic acid groups (broad SMARTS) is 1. The third kappa shape index (κ3) is 3.41. The molecule has 0 aromatic carbocycles. The number of aliphatic carboxylic acids is 1. The molecule has 0 rings (SSSR count). The van der Waals surface area contributed by atoms with E-state index in [0.717, 1.165) is 0 Å². The predicted octanol–water partition coefficient (Wildman–Crippen LogP) is -0.933. The Morgan fingerprint density at radius 3 is 2.14 bits per heavy atom. The van der Waals surface area contributed by atoms with E-state index in [1.165, 1.54) is 0 Å². The van der Waals surface area contributed by atoms with Crippen LogP contribution >= 0.6 is 0 Å². The van der Waals surface area contributed by atoms with Gasteiger partial charge in [0.05, 0.1) is 5.60 Å². The van der Waals surface area contributed by atoms with Crippen LogP contribution in [0.25, 0.3) is 0 Å². The fraction of sp³-hybridized carbons (Fsp3) is 0.750. The minimum atomic E-state index is -2.00. The molecule has 0 spiro atoms. The zero-order valence-corrected chi connectivity index (χ0v) is 8.48. The topological polar surface area (TPSA) is 116 Å². The number of aldehydes is 1. The summed E-state index contributed by atoms with van der Waals surface area (Å²) in [4.78, 5) is 21.2. The number of nitrogens with two attached hydrogens (primary N) is 2. The van der Waals surface area contributed by atoms with Crippen LogP contribution in [0.1, 0.15) is 20.8 Å². The van der Waals surface area contributed by atoms with Crippen molar-refractivity contribution < 1.29 is 19.4 Å². The van der Waals surface area contributed by atoms with Gasteiger partial charge in [-0.15, -0.1) is 0 Å². The summed E-state index contributed by atoms with van der Waals surface area (Å²) in [5.41, 5.74) is 7.92. The molecule has 0 saturated carbocycles. The molecule has 0 bridgehead atoms. The first-order valence-corrected chi connectivity index (χ1v) is 4.06. The van der Waals surface area contributed by atoms with Gasteiger partial charge in [-0.1, -0.05) is 0 Å². The molecule has 6 nitrogen and oxygen atoms in total. The highest BCUT2D eigenvalue weighted by atomic mass is 16.5. The summed E-state index contributed by atoms with van der Waals surface area (Å²) >= 11 is 0. The maximum Gasteiger partial charge on any atom is 0.325 e. The number of hydrogen-bond donors (Lipinski definition) is 3. The highest BCUT2D eigenvalue weighted by molar-refractivity contribution is 5.81. The number of carbonyl (C=O) groups excluding carboxylic acids is 1. The van der Waals surface area contributed by atoms with Crippen LogP contribution in [0.15, 0.2) is 0 Å². The fourth-order valence-corrected chi connectivity index (χ4v) is 0.884. The molecule has 0 aliphatic rings. The Kier molecular flexibility index (Phi) is 3.75. The molecule has 0 fully saturated rings. The van der Waals surface area contributed by atoms with Crippen molar-refractivity contribution in [2.24, 2.45) is 11.5 Å². The van der Waals surface area contributed by atoms with Crippen LogP contribution in [0.5, 0.6) is 0 Å². The standard InChI is InChI=1S/C8H16N2O4/c1-7(2,3)14-8(10,4-11)5(9)6(12)13/h4-5H,9-10H2,1-3H3,(H,12,13). The minimum Gasteiger partial charge on any atom is -0.480 e. The maximum absolute atomic E-state index is 10.7. The molecular weight excluding hydrogens is 188 g/mol. The molecule has 0 saturated heterocycles. The van der Waals surface area contributed by atoms with Gasteiger partial charge in [0.15, 0.2) is 18.1 Å². The predicted molar refractivity (Wildman–Crippen MR) is 49.4 cm³/mol. The van der Waals surface area contributed by atoms with Crippen molar-refractivity contribution in [3.8, 4) is 0 Å². The van der Waals surface area contributed by atoms with Gasteiger partial charge in [-0.25, -0.2) is 0 Å². The van der Waals surface area contributed by atoms with E-state index in [0.29, 0.717) is 0 Å². The Balaban J connectivity index is 4.80. The Labute approximate surface area is 82.2 Å². The molecule has 0 aromatic rings. The summed E-state index contributed by atoms with van der Waals surface area (Å²) in [6, 6.07) is -1.58. The highest BCUT2D eigenvalue weighted by Crippen LogP contribution is 2.16. The third-order valence-electron chi connectivity index (χ3n) is 1.42. The number of ether oxygens (including phenoxy) is 1. The smallest absolute Gasteiger partial charge is 0.325 e. The van der Waals surface area contributed by atoms with Crippen molar-refractivity contribution in [1.82, 2.24) is 0 Å². The zero-order chi connectivity index (χ0) is 11.6. The fourth-order valence-electron chi connectivity index (χ4n) is 0.884. The minimum absolute atomic E-state index is 0.205. The second-order valence-corrected chi connectivity index (χ2v) is 4.00. The van der Waals surface area contributed by atoms with Crippen molar-refractivity contribution in [3.05, 3.63) is 0 Å². The second-order valence-electron chi connectivity index (χ2n) is 4.00. The molecular formula is C8H16N2O4. The normalized spacial score (nSPS) is 18.4. The third-order valence-corrected chi connectivity index (χ3v) is 1.42. The summed E-state index contributed by atoms with van der Waals surface area (Å²) in [5.74, 6) is -1.39. The van der Waals surface area contributed by atoms with Gasteiger partial charge in [0.1, 0.15) is 0 Å². The average molecular weight is 204 g/mol. The van der Waals surface area contributed by atoms with Gasteiger partial charge in [0.25, 0.3) is 0 Å². The van der Waals surface area contributed by atoms with Gasteiger partial charge < -0.3 is 15.6 Å². The Morgan fingerprint density at radius 1 is 1.50 bits per heavy atom. The summed E-state index contributed by atoms with van der Waals surface area (Å²) in [6.07, 6.45) is 0.205. The summed E-state index contributed by atoms with van der Waals surface area (Å²) < 4.78 is 5.10. The largest absolute Gasteiger partial charge is 0.480 e. The summed E-state index contributed by atoms with van der Waals surface area (Å²) in [5, 5.41) is 8.60. The monoisotopic (exact) mass is 204 g/mol. The molecule has 0 radical (unpaired) electrons. The van der Waals surface area contributed by atoms with E-state index in [-0.39, 0.29) is 6.29 Å². The van der Waals surface area contributed by atoms with E-state index >= 15 is 0 Å². The van der Waals surface area contributed by atoms with Crippen LogP contribution in [0.3, 0.4) is 0 Å². The maximum atomic E-state index is 10.7. The van der Waals surface area contributed by atoms with E-state index in [1.54, 1.807) is 20.8 Å². The SMILES string of the molecule is CC(C)(C)OC(N)(C=O)C(N)C(=O)O. The van der Waals surface area contributed by atoms with Crippen LogP contribution < -0.4 is 11.5 Å². The first kappa shape index (κ1) is 13.0. The van der Waals surface area contributed by atoms with Crippen molar-refractivity contribution in [1.29, 1.82) is 0 Å². The van der Waals surface area contributed by atoms with Gasteiger partial charge in [0, 0.05) is 0 Å². The lowest BCUT2D eigenvalue weighted by Gasteiger charge is -2.34. The van der Waals surface area contributed by atoms with Crippen molar-refractivity contribution >= 4 is 12.3 Å². The lowest BCUT2D eigenvalue weighted by molar-refractivity contribution is -0.169. The molecule has 6 heteroatoms. The molecule has 82 valence electrons. The van der Waals surface area contributed by atoms with E-state index in [2.05, 4.69) is 0 Å². The van der Waals surface area contributed by atoms with Crippen molar-refractivity contribution in [3.63, 3.8) is 0 Å². The van der Waals surface area contributed by atoms with Crippen molar-refractivity contribution in [2.75, 3.05) is 0 Å². The van der Waals surface area contributed by atoms with Gasteiger partial charge in [-0.05, 0) is 20.8 Å². The lowest BCUT2D eigenvalue weighted by atomic mass is 10.1. The molecule has 0 aromatic heterocycles. The molecule has 14 heavy (non-hydrogen) atoms. The van der Waals surface area contributed by atoms with Crippen LogP contribution in [-0.2, 0) is 14.3 Å². The molecule has 0 aliphatic heterocycles. The van der Waals surface area contributed by atoms with Crippen LogP contribution in [0.2, 0.25) is 0 Å². The summed E-state index contributed by atoms with van der Waals surface area (Å²) in [6.45, 7) is 4.94. The molecule has 5 N–H and O–H groups in total. The quantitative estimate of drug-likeness (QED) is 0.402. The van der Waals surface area contributed by atoms with Gasteiger partial charge in [-0.2, -0.15) is 0 Å². The Bertz CT molecular complexity index is 236. The number of rotatable bonds is 4. The average Bonchev–Trinajstić information content (AvgIpc) is 1.99. The highest BCUT2D eigenvalue weighted by Gasteiger charge is 2.41. The van der Waals surface area contributed by atoms with Crippen LogP contribution in [-0.4, -0.2) is 34.7 Å². The van der Waals surface area contributed by atoms with Gasteiger partial charge in [-0.3, -0.25) is 15.3 Å². The number of hydrogen-bond acceptors (Lipinski definition) is 5. The van der Waals surface area contributed by atoms with Crippen molar-refractivity contribution in [2.45, 2.75) is 38.1 Å². The first-order valence-electron chi connectivity index (χ1n) is 4.06. The van der Waals surface area contributed by atoms with E-state index in [1.807, 2.05) is 0 Å². The Morgan fingerprint density at radius 2 is 1.93 bits per heavy atom. The number of carboxylic acids is 1. The molecule has 0 aliphatic carbocycles. The van der Waals surface area contributed by atoms with E-state index < -0.39 is 23.3 Å². The molecule has 0 heterocycles. The Hall–Kier alpha value is -0.980. The van der Waals surface area contributed by atoms with Crippen LogP contribution in [0.4, 0.5) is 0 Å². The van der Waals surface area contributed by atoms with E-state index in [9.17, 15) is 9.59 Å². The zero-order valence-electron chi connectivity index (χ0n) is 8.48. The molecule has 0 amide bonds. The van der Waals surface area contributed by atoms with Gasteiger partial charge in [0.2, 0.25) is 0 Å². The van der Waals surface area contributed by atoms with E-state index in [4.69, 9.17) is 21.3 Å². The summed E-state index contributed by atoms with van der Waals surface area (Å²) in [7, 11) is 0. The molecule has 2 atom stereocenters. The van der Waals surface area contributed by atoms with Crippen LogP contribution in [0, 0.1) is 0 Å². The lowest BCUT2D eigenvalue weighted by Crippen LogP contribution is -2.64. The number of carbonyl (C=O) groups is 2.